The van der Waals surface area contributed by atoms with Gasteiger partial charge < -0.3 is 15.3 Å². The van der Waals surface area contributed by atoms with Crippen LogP contribution in [0.3, 0.4) is 0 Å². The highest BCUT2D eigenvalue weighted by molar-refractivity contribution is 7.10. The van der Waals surface area contributed by atoms with Crippen LogP contribution in [0.2, 0.25) is 0 Å². The number of nitrogens with one attached hydrogen (secondary N) is 1. The van der Waals surface area contributed by atoms with Gasteiger partial charge in [-0.25, -0.2) is 0 Å². The van der Waals surface area contributed by atoms with Crippen molar-refractivity contribution < 1.29 is 14.7 Å². The average molecular weight is 280 g/mol. The van der Waals surface area contributed by atoms with Crippen LogP contribution in [0.25, 0.3) is 0 Å². The summed E-state index contributed by atoms with van der Waals surface area (Å²) in [7, 11) is 3.27. The molecule has 0 saturated carbocycles. The fourth-order valence-corrected chi connectivity index (χ4v) is 2.13. The van der Waals surface area contributed by atoms with E-state index in [0.717, 1.165) is 0 Å². The number of likely N-dealkylation sites (N-methyl/N-ethyl adjacent to an activating group) is 1. The average Bonchev–Trinajstić information content (AvgIpc) is 2.83. The Morgan fingerprint density at radius 1 is 1.53 bits per heavy atom. The van der Waals surface area contributed by atoms with Crippen molar-refractivity contribution in [2.45, 2.75) is 13.0 Å². The molecule has 0 saturated heterocycles. The van der Waals surface area contributed by atoms with E-state index < -0.39 is 6.04 Å². The van der Waals surface area contributed by atoms with Gasteiger partial charge in [-0.3, -0.25) is 9.59 Å². The Morgan fingerprint density at radius 3 is 2.79 bits per heavy atom. The van der Waals surface area contributed by atoms with E-state index in [2.05, 4.69) is 17.2 Å². The highest BCUT2D eigenvalue weighted by Gasteiger charge is 2.18. The quantitative estimate of drug-likeness (QED) is 0.782. The molecule has 1 aromatic rings. The van der Waals surface area contributed by atoms with E-state index in [4.69, 9.17) is 5.11 Å². The maximum absolute atomic E-state index is 11.9. The first-order chi connectivity index (χ1) is 8.95. The monoisotopic (exact) mass is 280 g/mol. The minimum Gasteiger partial charge on any atom is -0.384 e. The molecule has 5 nitrogen and oxygen atoms in total. The van der Waals surface area contributed by atoms with Gasteiger partial charge in [0.2, 0.25) is 5.91 Å². The van der Waals surface area contributed by atoms with Crippen LogP contribution in [0.4, 0.5) is 0 Å². The molecular formula is C13H16N2O3S. The molecule has 6 heteroatoms. The second-order valence-corrected chi connectivity index (χ2v) is 5.00. The molecule has 1 heterocycles. The van der Waals surface area contributed by atoms with E-state index in [1.807, 2.05) is 0 Å². The summed E-state index contributed by atoms with van der Waals surface area (Å²) in [6.45, 7) is 1.42. The zero-order valence-electron chi connectivity index (χ0n) is 11.1. The number of aliphatic hydroxyl groups excluding tert-OH is 1. The van der Waals surface area contributed by atoms with Crippen molar-refractivity contribution in [2.75, 3.05) is 20.7 Å². The van der Waals surface area contributed by atoms with Crippen LogP contribution in [0.15, 0.2) is 11.4 Å². The summed E-state index contributed by atoms with van der Waals surface area (Å²) >= 11 is 1.32. The SMILES string of the molecule is CC(NC(=O)c1csc(C#CCO)c1)C(=O)N(C)C. The number of aliphatic hydroxyl groups is 1. The molecule has 0 spiro atoms. The number of rotatable bonds is 3. The number of amides is 2. The molecule has 0 radical (unpaired) electrons. The van der Waals surface area contributed by atoms with E-state index in [-0.39, 0.29) is 18.4 Å². The van der Waals surface area contributed by atoms with Gasteiger partial charge in [-0.05, 0) is 13.0 Å². The molecule has 0 aliphatic rings. The second-order valence-electron chi connectivity index (χ2n) is 4.09. The Kier molecular flexibility index (Phi) is 5.55. The maximum Gasteiger partial charge on any atom is 0.252 e. The van der Waals surface area contributed by atoms with Gasteiger partial charge in [-0.2, -0.15) is 0 Å². The minimum absolute atomic E-state index is 0.163. The minimum atomic E-state index is -0.575. The van der Waals surface area contributed by atoms with Crippen LogP contribution in [-0.2, 0) is 4.79 Å². The molecule has 0 aromatic carbocycles. The number of carbonyl (C=O) groups is 2. The Hall–Kier alpha value is -1.84. The zero-order chi connectivity index (χ0) is 14.4. The first-order valence-corrected chi connectivity index (χ1v) is 6.54. The molecule has 1 atom stereocenters. The van der Waals surface area contributed by atoms with E-state index in [0.29, 0.717) is 10.4 Å². The van der Waals surface area contributed by atoms with Gasteiger partial charge in [0.1, 0.15) is 12.6 Å². The smallest absolute Gasteiger partial charge is 0.252 e. The van der Waals surface area contributed by atoms with Crippen molar-refractivity contribution in [1.29, 1.82) is 0 Å². The first-order valence-electron chi connectivity index (χ1n) is 5.66. The Labute approximate surface area is 116 Å². The molecule has 1 aromatic heterocycles. The topological polar surface area (TPSA) is 69.6 Å². The van der Waals surface area contributed by atoms with Crippen molar-refractivity contribution in [3.05, 3.63) is 21.9 Å². The van der Waals surface area contributed by atoms with Gasteiger partial charge in [-0.1, -0.05) is 11.8 Å². The summed E-state index contributed by atoms with van der Waals surface area (Å²) in [5.74, 6) is 4.77. The van der Waals surface area contributed by atoms with Crippen LogP contribution in [0, 0.1) is 11.8 Å². The Bertz CT molecular complexity index is 525. The van der Waals surface area contributed by atoms with Gasteiger partial charge in [0, 0.05) is 19.5 Å². The standard InChI is InChI=1S/C13H16N2O3S/c1-9(13(18)15(2)3)14-12(17)10-7-11(19-8-10)5-4-6-16/h7-9,16H,6H2,1-3H3,(H,14,17). The molecule has 1 rings (SSSR count). The number of carbonyl (C=O) groups excluding carboxylic acids is 2. The van der Waals surface area contributed by atoms with Gasteiger partial charge in [0.25, 0.3) is 5.91 Å². The molecule has 1 unspecified atom stereocenters. The fraction of sp³-hybridized carbons (Fsp3) is 0.385. The van der Waals surface area contributed by atoms with Crippen LogP contribution in [0.1, 0.15) is 22.2 Å². The van der Waals surface area contributed by atoms with E-state index in [9.17, 15) is 9.59 Å². The van der Waals surface area contributed by atoms with Gasteiger partial charge >= 0.3 is 0 Å². The number of hydrogen-bond donors (Lipinski definition) is 2. The van der Waals surface area contributed by atoms with Crippen molar-refractivity contribution in [2.24, 2.45) is 0 Å². The third kappa shape index (κ3) is 4.39. The molecule has 0 bridgehead atoms. The second kappa shape index (κ2) is 6.92. The van der Waals surface area contributed by atoms with Crippen molar-refractivity contribution in [3.8, 4) is 11.8 Å². The summed E-state index contributed by atoms with van der Waals surface area (Å²) in [4.78, 5) is 25.6. The van der Waals surface area contributed by atoms with Gasteiger partial charge in [-0.15, -0.1) is 11.3 Å². The largest absolute Gasteiger partial charge is 0.384 e. The fourth-order valence-electron chi connectivity index (χ4n) is 1.38. The van der Waals surface area contributed by atoms with Crippen LogP contribution in [-0.4, -0.2) is 48.6 Å². The molecule has 2 amide bonds. The van der Waals surface area contributed by atoms with E-state index in [1.54, 1.807) is 32.5 Å². The lowest BCUT2D eigenvalue weighted by atomic mass is 10.2. The lowest BCUT2D eigenvalue weighted by molar-refractivity contribution is -0.130. The molecule has 2 N–H and O–H groups in total. The van der Waals surface area contributed by atoms with Gasteiger partial charge in [0.15, 0.2) is 0 Å². The number of thiophene rings is 1. The molecule has 0 aliphatic carbocycles. The Morgan fingerprint density at radius 2 is 2.21 bits per heavy atom. The third-order valence-corrected chi connectivity index (χ3v) is 3.16. The highest BCUT2D eigenvalue weighted by atomic mass is 32.1. The van der Waals surface area contributed by atoms with E-state index in [1.165, 1.54) is 16.2 Å². The van der Waals surface area contributed by atoms with Crippen molar-refractivity contribution in [1.82, 2.24) is 10.2 Å². The predicted octanol–water partition coefficient (Wildman–Crippen LogP) is 0.298. The third-order valence-electron chi connectivity index (χ3n) is 2.31. The van der Waals surface area contributed by atoms with Crippen molar-refractivity contribution >= 4 is 23.2 Å². The predicted molar refractivity (Wildman–Crippen MR) is 73.9 cm³/mol. The lowest BCUT2D eigenvalue weighted by Crippen LogP contribution is -2.44. The molecule has 19 heavy (non-hydrogen) atoms. The van der Waals surface area contributed by atoms with Crippen molar-refractivity contribution in [3.63, 3.8) is 0 Å². The van der Waals surface area contributed by atoms with Crippen LogP contribution in [0.5, 0.6) is 0 Å². The van der Waals surface area contributed by atoms with Crippen LogP contribution >= 0.6 is 11.3 Å². The molecular weight excluding hydrogens is 264 g/mol. The molecule has 102 valence electrons. The summed E-state index contributed by atoms with van der Waals surface area (Å²) in [6, 6.07) is 1.06. The zero-order valence-corrected chi connectivity index (χ0v) is 11.9. The number of nitrogens with zero attached hydrogens (tertiary/aromatic N) is 1. The summed E-state index contributed by atoms with van der Waals surface area (Å²) in [6.07, 6.45) is 0. The highest BCUT2D eigenvalue weighted by Crippen LogP contribution is 2.13. The van der Waals surface area contributed by atoms with E-state index >= 15 is 0 Å². The lowest BCUT2D eigenvalue weighted by Gasteiger charge is -2.17. The van der Waals surface area contributed by atoms with Gasteiger partial charge in [0.05, 0.1) is 10.4 Å². The maximum atomic E-state index is 11.9. The first kappa shape index (κ1) is 15.2. The summed E-state index contributed by atoms with van der Waals surface area (Å²) < 4.78 is 0. The summed E-state index contributed by atoms with van der Waals surface area (Å²) in [5, 5.41) is 12.9. The molecule has 0 aliphatic heterocycles. The van der Waals surface area contributed by atoms with Crippen LogP contribution < -0.4 is 5.32 Å². The normalized spacial score (nSPS) is 11.2. The Balaban J connectivity index is 2.68. The molecule has 0 fully saturated rings. The number of hydrogen-bond acceptors (Lipinski definition) is 4. The summed E-state index contributed by atoms with van der Waals surface area (Å²) in [5.41, 5.74) is 0.464.